The second-order valence-electron chi connectivity index (χ2n) is 5.98. The van der Waals surface area contributed by atoms with Crippen molar-refractivity contribution >= 4 is 22.4 Å². The normalized spacial score (nSPS) is 18.2. The molecule has 1 aliphatic heterocycles. The molecular formula is C16H16F4N4OS. The lowest BCUT2D eigenvalue weighted by Gasteiger charge is -2.32. The molecule has 1 fully saturated rings. The lowest BCUT2D eigenvalue weighted by Crippen LogP contribution is -2.50. The van der Waals surface area contributed by atoms with E-state index in [1.807, 2.05) is 0 Å². The van der Waals surface area contributed by atoms with E-state index in [2.05, 4.69) is 15.5 Å². The molecule has 0 radical (unpaired) electrons. The number of carbonyl (C=O) groups excluding carboxylic acids is 1. The number of nitrogens with one attached hydrogen (secondary N) is 1. The number of nitrogens with zero attached hydrogens (tertiary/aromatic N) is 3. The van der Waals surface area contributed by atoms with Crippen molar-refractivity contribution in [1.82, 2.24) is 15.1 Å². The lowest BCUT2D eigenvalue weighted by atomic mass is 10.1. The fourth-order valence-corrected chi connectivity index (χ4v) is 3.60. The Labute approximate surface area is 151 Å². The number of alkyl halides is 3. The predicted molar refractivity (Wildman–Crippen MR) is 88.4 cm³/mol. The predicted octanol–water partition coefficient (Wildman–Crippen LogP) is 3.23. The van der Waals surface area contributed by atoms with Crippen LogP contribution < -0.4 is 5.32 Å². The van der Waals surface area contributed by atoms with Crippen LogP contribution in [0.1, 0.15) is 23.4 Å². The molecule has 1 amide bonds. The zero-order chi connectivity index (χ0) is 18.7. The average molecular weight is 388 g/mol. The Hall–Kier alpha value is -2.23. The highest BCUT2D eigenvalue weighted by Crippen LogP contribution is 2.25. The zero-order valence-electron chi connectivity index (χ0n) is 13.6. The first kappa shape index (κ1) is 18.6. The maximum atomic E-state index is 13.7. The first-order valence-corrected chi connectivity index (χ1v) is 8.81. The van der Waals surface area contributed by atoms with E-state index in [0.29, 0.717) is 28.5 Å². The van der Waals surface area contributed by atoms with E-state index in [1.54, 1.807) is 18.2 Å². The highest BCUT2D eigenvalue weighted by molar-refractivity contribution is 7.15. The summed E-state index contributed by atoms with van der Waals surface area (Å²) >= 11 is 1.15. The Balaban J connectivity index is 1.63. The van der Waals surface area contributed by atoms with Crippen molar-refractivity contribution in [2.24, 2.45) is 0 Å². The number of halogens is 4. The molecule has 0 saturated carbocycles. The van der Waals surface area contributed by atoms with Crippen molar-refractivity contribution in [3.05, 3.63) is 40.7 Å². The van der Waals surface area contributed by atoms with Crippen molar-refractivity contribution in [3.63, 3.8) is 0 Å². The summed E-state index contributed by atoms with van der Waals surface area (Å²) in [4.78, 5) is 13.0. The minimum absolute atomic E-state index is 0.0885. The van der Waals surface area contributed by atoms with Gasteiger partial charge in [-0.25, -0.2) is 4.39 Å². The molecule has 140 valence electrons. The number of likely N-dealkylation sites (tertiary alicyclic amines) is 1. The fourth-order valence-electron chi connectivity index (χ4n) is 2.78. The van der Waals surface area contributed by atoms with Crippen LogP contribution in [0.3, 0.4) is 0 Å². The van der Waals surface area contributed by atoms with Gasteiger partial charge in [-0.3, -0.25) is 4.79 Å². The van der Waals surface area contributed by atoms with E-state index in [-0.39, 0.29) is 18.8 Å². The van der Waals surface area contributed by atoms with E-state index in [1.165, 1.54) is 6.07 Å². The molecule has 0 aliphatic carbocycles. The van der Waals surface area contributed by atoms with Crippen molar-refractivity contribution in [2.75, 3.05) is 18.4 Å². The molecule has 0 spiro atoms. The highest BCUT2D eigenvalue weighted by Gasteiger charge is 2.37. The maximum Gasteiger partial charge on any atom is 0.406 e. The van der Waals surface area contributed by atoms with Gasteiger partial charge in [0.25, 0.3) is 0 Å². The minimum Gasteiger partial charge on any atom is -0.348 e. The molecule has 5 nitrogen and oxygen atoms in total. The van der Waals surface area contributed by atoms with Crippen LogP contribution in [-0.4, -0.2) is 46.3 Å². The van der Waals surface area contributed by atoms with Gasteiger partial charge in [-0.15, -0.1) is 10.2 Å². The van der Waals surface area contributed by atoms with Gasteiger partial charge >= 0.3 is 6.18 Å². The zero-order valence-corrected chi connectivity index (χ0v) is 14.4. The molecular weight excluding hydrogens is 372 g/mol. The number of hydrogen-bond donors (Lipinski definition) is 1. The Morgan fingerprint density at radius 1 is 1.27 bits per heavy atom. The number of hydrogen-bond acceptors (Lipinski definition) is 5. The van der Waals surface area contributed by atoms with Gasteiger partial charge < -0.3 is 10.2 Å². The molecule has 1 aliphatic rings. The molecule has 26 heavy (non-hydrogen) atoms. The number of carbonyl (C=O) groups is 1. The van der Waals surface area contributed by atoms with Crippen molar-refractivity contribution in [3.8, 4) is 0 Å². The molecule has 1 saturated heterocycles. The van der Waals surface area contributed by atoms with E-state index >= 15 is 0 Å². The Kier molecular flexibility index (Phi) is 5.40. The highest BCUT2D eigenvalue weighted by atomic mass is 32.1. The van der Waals surface area contributed by atoms with Gasteiger partial charge in [0, 0.05) is 13.0 Å². The maximum absolute atomic E-state index is 13.7. The first-order valence-electron chi connectivity index (χ1n) is 8.00. The van der Waals surface area contributed by atoms with Crippen molar-refractivity contribution in [2.45, 2.75) is 31.5 Å². The van der Waals surface area contributed by atoms with Gasteiger partial charge in [0.05, 0.1) is 0 Å². The van der Waals surface area contributed by atoms with E-state index in [4.69, 9.17) is 0 Å². The molecule has 3 rings (SSSR count). The van der Waals surface area contributed by atoms with Gasteiger partial charge in [0.1, 0.15) is 23.4 Å². The summed E-state index contributed by atoms with van der Waals surface area (Å²) in [5.74, 6) is -0.943. The second kappa shape index (κ2) is 7.56. The van der Waals surface area contributed by atoms with Crippen LogP contribution >= 0.6 is 11.3 Å². The Bertz CT molecular complexity index is 780. The van der Waals surface area contributed by atoms with Crippen LogP contribution in [0.25, 0.3) is 0 Å². The van der Waals surface area contributed by atoms with E-state index in [9.17, 15) is 22.4 Å². The van der Waals surface area contributed by atoms with Crippen molar-refractivity contribution in [1.29, 1.82) is 0 Å². The summed E-state index contributed by atoms with van der Waals surface area (Å²) in [6.07, 6.45) is -3.27. The summed E-state index contributed by atoms with van der Waals surface area (Å²) in [7, 11) is 0. The summed E-state index contributed by atoms with van der Waals surface area (Å²) in [6.45, 7) is -1.16. The lowest BCUT2D eigenvalue weighted by molar-refractivity contribution is -0.163. The topological polar surface area (TPSA) is 58.1 Å². The molecule has 1 N–H and O–H groups in total. The van der Waals surface area contributed by atoms with Crippen LogP contribution in [0.15, 0.2) is 24.3 Å². The average Bonchev–Trinajstić information content (AvgIpc) is 2.99. The quantitative estimate of drug-likeness (QED) is 0.799. The molecule has 2 aromatic rings. The smallest absolute Gasteiger partial charge is 0.348 e. The molecule has 2 heterocycles. The van der Waals surface area contributed by atoms with Gasteiger partial charge in [0.15, 0.2) is 0 Å². The fraction of sp³-hybridized carbons (Fsp3) is 0.438. The van der Waals surface area contributed by atoms with Gasteiger partial charge in [0.2, 0.25) is 11.0 Å². The van der Waals surface area contributed by atoms with Gasteiger partial charge in [-0.1, -0.05) is 29.5 Å². The van der Waals surface area contributed by atoms with Gasteiger partial charge in [-0.2, -0.15) is 13.2 Å². The molecule has 0 bridgehead atoms. The third-order valence-electron chi connectivity index (χ3n) is 3.96. The third kappa shape index (κ3) is 4.69. The van der Waals surface area contributed by atoms with Crippen LogP contribution in [0.5, 0.6) is 0 Å². The number of piperidine rings is 1. The SMILES string of the molecule is O=C1C(Nc2nnc(Cc3ccccc3F)s2)CCCN1CC(F)(F)F. The van der Waals surface area contributed by atoms with E-state index < -0.39 is 24.7 Å². The Morgan fingerprint density at radius 3 is 2.77 bits per heavy atom. The second-order valence-corrected chi connectivity index (χ2v) is 7.05. The molecule has 1 aromatic heterocycles. The summed E-state index contributed by atoms with van der Waals surface area (Å²) in [6, 6.07) is 5.54. The number of amides is 1. The van der Waals surface area contributed by atoms with Crippen LogP contribution in [-0.2, 0) is 11.2 Å². The number of aromatic nitrogens is 2. The number of rotatable bonds is 5. The van der Waals surface area contributed by atoms with Crippen LogP contribution in [0, 0.1) is 5.82 Å². The first-order chi connectivity index (χ1) is 12.3. The largest absolute Gasteiger partial charge is 0.406 e. The molecule has 10 heteroatoms. The van der Waals surface area contributed by atoms with Crippen LogP contribution in [0.2, 0.25) is 0 Å². The molecule has 1 unspecified atom stereocenters. The number of benzene rings is 1. The summed E-state index contributed by atoms with van der Waals surface area (Å²) in [5.41, 5.74) is 0.472. The number of anilines is 1. The van der Waals surface area contributed by atoms with Crippen LogP contribution in [0.4, 0.5) is 22.7 Å². The molecule has 1 aromatic carbocycles. The summed E-state index contributed by atoms with van der Waals surface area (Å²) in [5, 5.41) is 11.6. The third-order valence-corrected chi connectivity index (χ3v) is 4.82. The molecule has 1 atom stereocenters. The minimum atomic E-state index is -4.42. The van der Waals surface area contributed by atoms with E-state index in [0.717, 1.165) is 16.2 Å². The Morgan fingerprint density at radius 2 is 2.04 bits per heavy atom. The summed E-state index contributed by atoms with van der Waals surface area (Å²) < 4.78 is 51.3. The van der Waals surface area contributed by atoms with Gasteiger partial charge in [-0.05, 0) is 24.5 Å². The van der Waals surface area contributed by atoms with Crippen molar-refractivity contribution < 1.29 is 22.4 Å². The monoisotopic (exact) mass is 388 g/mol. The standard InChI is InChI=1S/C16H16F4N4OS/c17-11-5-2-1-4-10(11)8-13-22-23-15(26-13)21-12-6-3-7-24(14(12)25)9-16(18,19)20/h1-2,4-5,12H,3,6-9H2,(H,21,23).